The van der Waals surface area contributed by atoms with Gasteiger partial charge in [-0.1, -0.05) is 36.4 Å². The number of hydrogen-bond acceptors (Lipinski definition) is 4. The molecule has 2 N–H and O–H groups in total. The summed E-state index contributed by atoms with van der Waals surface area (Å²) in [5, 5.41) is 5.23. The van der Waals surface area contributed by atoms with E-state index < -0.39 is 0 Å². The van der Waals surface area contributed by atoms with E-state index >= 15 is 0 Å². The van der Waals surface area contributed by atoms with Gasteiger partial charge in [0, 0.05) is 5.69 Å². The van der Waals surface area contributed by atoms with Crippen molar-refractivity contribution in [2.24, 2.45) is 0 Å². The number of benzene rings is 3. The topological polar surface area (TPSA) is 76.7 Å². The first-order valence-corrected chi connectivity index (χ1v) is 8.76. The lowest BCUT2D eigenvalue weighted by atomic mass is 10.3. The van der Waals surface area contributed by atoms with Crippen molar-refractivity contribution in [3.8, 4) is 17.2 Å². The maximum Gasteiger partial charge on any atom is 0.258 e. The summed E-state index contributed by atoms with van der Waals surface area (Å²) in [4.78, 5) is 23.7. The predicted octanol–water partition coefficient (Wildman–Crippen LogP) is 3.61. The molecule has 6 nitrogen and oxygen atoms in total. The summed E-state index contributed by atoms with van der Waals surface area (Å²) in [5.74, 6) is 1.30. The Kier molecular flexibility index (Phi) is 6.62. The van der Waals surface area contributed by atoms with Crippen molar-refractivity contribution in [3.63, 3.8) is 0 Å². The van der Waals surface area contributed by atoms with Gasteiger partial charge in [-0.2, -0.15) is 0 Å². The van der Waals surface area contributed by atoms with E-state index in [0.717, 1.165) is 5.75 Å². The molecule has 0 saturated heterocycles. The summed E-state index contributed by atoms with van der Waals surface area (Å²) < 4.78 is 11.0. The fraction of sp³-hybridized carbons (Fsp3) is 0.0909. The summed E-state index contributed by atoms with van der Waals surface area (Å²) in [5.41, 5.74) is 0.611. The van der Waals surface area contributed by atoms with Crippen LogP contribution in [-0.2, 0) is 9.59 Å². The number of rotatable bonds is 8. The molecular formula is C22H20N2O4. The number of para-hydroxylation sites is 2. The van der Waals surface area contributed by atoms with E-state index in [1.54, 1.807) is 36.4 Å². The minimum atomic E-state index is -0.370. The third kappa shape index (κ3) is 6.17. The zero-order valence-electron chi connectivity index (χ0n) is 15.1. The Balaban J connectivity index is 1.40. The van der Waals surface area contributed by atoms with Crippen LogP contribution in [-0.4, -0.2) is 25.0 Å². The Morgan fingerprint density at radius 1 is 0.679 bits per heavy atom. The molecule has 0 aliphatic carbocycles. The second-order valence-corrected chi connectivity index (χ2v) is 5.87. The van der Waals surface area contributed by atoms with Gasteiger partial charge in [0.15, 0.2) is 6.61 Å². The Morgan fingerprint density at radius 3 is 1.89 bits per heavy atom. The van der Waals surface area contributed by atoms with Gasteiger partial charge < -0.3 is 20.1 Å². The highest BCUT2D eigenvalue weighted by Crippen LogP contribution is 2.22. The lowest BCUT2D eigenvalue weighted by Gasteiger charge is -2.09. The number of anilines is 1. The van der Waals surface area contributed by atoms with Crippen LogP contribution in [0.3, 0.4) is 0 Å². The summed E-state index contributed by atoms with van der Waals surface area (Å²) in [7, 11) is 0. The zero-order chi connectivity index (χ0) is 19.6. The van der Waals surface area contributed by atoms with Crippen LogP contribution >= 0.6 is 0 Å². The van der Waals surface area contributed by atoms with Crippen LogP contribution in [0.25, 0.3) is 0 Å². The first-order chi connectivity index (χ1) is 13.7. The molecule has 0 aromatic heterocycles. The molecule has 0 bridgehead atoms. The summed E-state index contributed by atoms with van der Waals surface area (Å²) in [6.07, 6.45) is 0. The molecule has 3 aromatic carbocycles. The Bertz CT molecular complexity index is 897. The molecule has 0 spiro atoms. The first kappa shape index (κ1) is 19.0. The largest absolute Gasteiger partial charge is 0.484 e. The van der Waals surface area contributed by atoms with E-state index in [0.29, 0.717) is 17.2 Å². The van der Waals surface area contributed by atoms with Gasteiger partial charge in [0.1, 0.15) is 17.2 Å². The molecule has 0 aliphatic heterocycles. The van der Waals surface area contributed by atoms with Gasteiger partial charge in [0.2, 0.25) is 5.91 Å². The molecule has 0 radical (unpaired) electrons. The number of nitrogens with one attached hydrogen (secondary N) is 2. The fourth-order valence-electron chi connectivity index (χ4n) is 2.33. The third-order valence-electron chi connectivity index (χ3n) is 3.68. The van der Waals surface area contributed by atoms with Crippen LogP contribution in [0.4, 0.5) is 5.69 Å². The molecule has 0 aliphatic rings. The predicted molar refractivity (Wildman–Crippen MR) is 107 cm³/mol. The Hall–Kier alpha value is -3.80. The normalized spacial score (nSPS) is 10.0. The van der Waals surface area contributed by atoms with E-state index in [9.17, 15) is 9.59 Å². The quantitative estimate of drug-likeness (QED) is 0.630. The number of ether oxygens (including phenoxy) is 2. The fourth-order valence-corrected chi connectivity index (χ4v) is 2.33. The smallest absolute Gasteiger partial charge is 0.258 e. The van der Waals surface area contributed by atoms with Crippen LogP contribution in [0, 0.1) is 0 Å². The highest BCUT2D eigenvalue weighted by atomic mass is 16.5. The van der Waals surface area contributed by atoms with Crippen LogP contribution in [0.5, 0.6) is 17.2 Å². The van der Waals surface area contributed by atoms with E-state index in [-0.39, 0.29) is 25.0 Å². The molecule has 3 aromatic rings. The second kappa shape index (κ2) is 9.78. The van der Waals surface area contributed by atoms with Gasteiger partial charge in [-0.15, -0.1) is 0 Å². The van der Waals surface area contributed by atoms with Crippen molar-refractivity contribution < 1.29 is 19.1 Å². The average Bonchev–Trinajstić information content (AvgIpc) is 2.74. The first-order valence-electron chi connectivity index (χ1n) is 8.76. The molecule has 6 heteroatoms. The Morgan fingerprint density at radius 2 is 1.25 bits per heavy atom. The van der Waals surface area contributed by atoms with Gasteiger partial charge in [-0.3, -0.25) is 9.59 Å². The zero-order valence-corrected chi connectivity index (χ0v) is 15.1. The van der Waals surface area contributed by atoms with Crippen molar-refractivity contribution in [1.82, 2.24) is 5.32 Å². The molecule has 2 amide bonds. The minimum Gasteiger partial charge on any atom is -0.484 e. The molecule has 0 heterocycles. The molecule has 28 heavy (non-hydrogen) atoms. The summed E-state index contributed by atoms with van der Waals surface area (Å²) in [6, 6.07) is 25.4. The van der Waals surface area contributed by atoms with E-state index in [4.69, 9.17) is 9.47 Å². The molecule has 0 saturated carbocycles. The van der Waals surface area contributed by atoms with Crippen molar-refractivity contribution in [1.29, 1.82) is 0 Å². The van der Waals surface area contributed by atoms with Gasteiger partial charge in [-0.25, -0.2) is 0 Å². The van der Waals surface area contributed by atoms with Gasteiger partial charge in [0.25, 0.3) is 5.91 Å². The molecule has 3 rings (SSSR count). The lowest BCUT2D eigenvalue weighted by Crippen LogP contribution is -2.35. The Labute approximate surface area is 163 Å². The van der Waals surface area contributed by atoms with Crippen molar-refractivity contribution in [2.45, 2.75) is 0 Å². The van der Waals surface area contributed by atoms with Crippen LogP contribution < -0.4 is 20.1 Å². The van der Waals surface area contributed by atoms with Gasteiger partial charge in [0.05, 0.1) is 6.54 Å². The standard InChI is InChI=1S/C22H20N2O4/c25-21(15-23-22(26)16-27-18-7-3-1-4-8-18)24-17-11-13-20(14-12-17)28-19-9-5-2-6-10-19/h1-14H,15-16H2,(H,23,26)(H,24,25). The monoisotopic (exact) mass is 376 g/mol. The summed E-state index contributed by atoms with van der Waals surface area (Å²) in [6.45, 7) is -0.290. The number of carbonyl (C=O) groups is 2. The molecule has 142 valence electrons. The van der Waals surface area contributed by atoms with Crippen LogP contribution in [0.15, 0.2) is 84.9 Å². The van der Waals surface area contributed by atoms with Crippen molar-refractivity contribution in [3.05, 3.63) is 84.9 Å². The number of hydrogen-bond donors (Lipinski definition) is 2. The lowest BCUT2D eigenvalue weighted by molar-refractivity contribution is -0.125. The highest BCUT2D eigenvalue weighted by molar-refractivity contribution is 5.94. The van der Waals surface area contributed by atoms with Gasteiger partial charge in [-0.05, 0) is 48.5 Å². The highest BCUT2D eigenvalue weighted by Gasteiger charge is 2.07. The molecule has 0 unspecified atom stereocenters. The SMILES string of the molecule is O=C(COc1ccccc1)NCC(=O)Nc1ccc(Oc2ccccc2)cc1. The average molecular weight is 376 g/mol. The molecule has 0 atom stereocenters. The number of amides is 2. The van der Waals surface area contributed by atoms with Crippen LogP contribution in [0.1, 0.15) is 0 Å². The second-order valence-electron chi connectivity index (χ2n) is 5.87. The molecular weight excluding hydrogens is 356 g/mol. The summed E-state index contributed by atoms with van der Waals surface area (Å²) >= 11 is 0. The minimum absolute atomic E-state index is 0.140. The maximum atomic E-state index is 12.0. The third-order valence-corrected chi connectivity index (χ3v) is 3.68. The number of carbonyl (C=O) groups excluding carboxylic acids is 2. The van der Waals surface area contributed by atoms with Crippen molar-refractivity contribution in [2.75, 3.05) is 18.5 Å². The van der Waals surface area contributed by atoms with Gasteiger partial charge >= 0.3 is 0 Å². The maximum absolute atomic E-state index is 12.0. The molecule has 0 fully saturated rings. The van der Waals surface area contributed by atoms with E-state index in [2.05, 4.69) is 10.6 Å². The van der Waals surface area contributed by atoms with Crippen molar-refractivity contribution >= 4 is 17.5 Å². The van der Waals surface area contributed by atoms with E-state index in [1.807, 2.05) is 48.5 Å². The van der Waals surface area contributed by atoms with Crippen LogP contribution in [0.2, 0.25) is 0 Å². The van der Waals surface area contributed by atoms with E-state index in [1.165, 1.54) is 0 Å².